The first-order valence-corrected chi connectivity index (χ1v) is 9.58. The van der Waals surface area contributed by atoms with Gasteiger partial charge in [-0.05, 0) is 48.7 Å². The molecule has 0 aromatic heterocycles. The topological polar surface area (TPSA) is 61.4 Å². The Morgan fingerprint density at radius 3 is 2.52 bits per heavy atom. The molecule has 0 bridgehead atoms. The van der Waals surface area contributed by atoms with Gasteiger partial charge in [-0.1, -0.05) is 41.4 Å². The van der Waals surface area contributed by atoms with Crippen LogP contribution in [0.3, 0.4) is 0 Å². The van der Waals surface area contributed by atoms with Crippen molar-refractivity contribution >= 4 is 40.8 Å². The van der Waals surface area contributed by atoms with Crippen LogP contribution in [-0.2, 0) is 11.3 Å². The zero-order valence-corrected chi connectivity index (χ0v) is 16.5. The molecule has 0 radical (unpaired) electrons. The third kappa shape index (κ3) is 4.93. The van der Waals surface area contributed by atoms with E-state index in [0.717, 1.165) is 29.8 Å². The Kier molecular flexibility index (Phi) is 6.24. The average molecular weight is 406 g/mol. The van der Waals surface area contributed by atoms with Crippen LogP contribution in [-0.4, -0.2) is 18.5 Å². The molecule has 1 fully saturated rings. The molecular formula is C20H21Cl2N3O2. The number of hydrogen-bond acceptors (Lipinski definition) is 2. The molecule has 3 amide bonds. The second-order valence-electron chi connectivity index (χ2n) is 6.54. The van der Waals surface area contributed by atoms with Crippen molar-refractivity contribution in [2.75, 3.05) is 11.4 Å². The highest BCUT2D eigenvalue weighted by Crippen LogP contribution is 2.25. The number of nitrogens with zero attached hydrogens (tertiary/aromatic N) is 1. The molecule has 5 nitrogen and oxygen atoms in total. The Balaban J connectivity index is 1.51. The summed E-state index contributed by atoms with van der Waals surface area (Å²) in [5.41, 5.74) is 2.74. The molecule has 142 valence electrons. The second-order valence-corrected chi connectivity index (χ2v) is 7.35. The maximum Gasteiger partial charge on any atom is 0.315 e. The van der Waals surface area contributed by atoms with Crippen molar-refractivity contribution in [3.8, 4) is 0 Å². The minimum atomic E-state index is -0.271. The predicted octanol–water partition coefficient (Wildman–Crippen LogP) is 4.68. The number of nitrogens with one attached hydrogen (secondary N) is 2. The summed E-state index contributed by atoms with van der Waals surface area (Å²) >= 11 is 11.9. The summed E-state index contributed by atoms with van der Waals surface area (Å²) in [5, 5.41) is 6.64. The van der Waals surface area contributed by atoms with E-state index >= 15 is 0 Å². The van der Waals surface area contributed by atoms with Crippen LogP contribution in [0.15, 0.2) is 42.5 Å². The molecule has 1 aliphatic rings. The molecule has 2 N–H and O–H groups in total. The number of urea groups is 1. The van der Waals surface area contributed by atoms with E-state index in [1.165, 1.54) is 0 Å². The number of rotatable bonds is 5. The third-order valence-electron chi connectivity index (χ3n) is 4.57. The van der Waals surface area contributed by atoms with Gasteiger partial charge >= 0.3 is 6.03 Å². The number of carbonyl (C=O) groups excluding carboxylic acids is 2. The van der Waals surface area contributed by atoms with E-state index in [2.05, 4.69) is 10.6 Å². The SMILES string of the molecule is C[C@H](NC(=O)NCc1ccc(N2CCCC2=O)cc1)c1ccc(Cl)c(Cl)c1. The molecule has 0 aliphatic carbocycles. The van der Waals surface area contributed by atoms with Gasteiger partial charge in [-0.3, -0.25) is 4.79 Å². The van der Waals surface area contributed by atoms with Crippen LogP contribution < -0.4 is 15.5 Å². The monoisotopic (exact) mass is 405 g/mol. The zero-order valence-electron chi connectivity index (χ0n) is 15.0. The molecule has 27 heavy (non-hydrogen) atoms. The Hall–Kier alpha value is -2.24. The van der Waals surface area contributed by atoms with Crippen LogP contribution in [0.2, 0.25) is 10.0 Å². The Bertz CT molecular complexity index is 840. The lowest BCUT2D eigenvalue weighted by atomic mass is 10.1. The van der Waals surface area contributed by atoms with Gasteiger partial charge in [-0.25, -0.2) is 4.79 Å². The number of carbonyl (C=O) groups is 2. The minimum Gasteiger partial charge on any atom is -0.334 e. The van der Waals surface area contributed by atoms with Gasteiger partial charge in [0.1, 0.15) is 0 Å². The average Bonchev–Trinajstić information content (AvgIpc) is 3.08. The van der Waals surface area contributed by atoms with Crippen molar-refractivity contribution in [3.63, 3.8) is 0 Å². The molecule has 0 spiro atoms. The molecule has 1 saturated heterocycles. The summed E-state index contributed by atoms with van der Waals surface area (Å²) in [6.45, 7) is 3.04. The van der Waals surface area contributed by atoms with Gasteiger partial charge in [0, 0.05) is 25.2 Å². The molecule has 0 unspecified atom stereocenters. The first kappa shape index (κ1) is 19.5. The summed E-state index contributed by atoms with van der Waals surface area (Å²) in [4.78, 5) is 25.7. The largest absolute Gasteiger partial charge is 0.334 e. The molecule has 1 aliphatic heterocycles. The lowest BCUT2D eigenvalue weighted by molar-refractivity contribution is -0.117. The fourth-order valence-electron chi connectivity index (χ4n) is 3.01. The maximum absolute atomic E-state index is 12.1. The van der Waals surface area contributed by atoms with Crippen LogP contribution >= 0.6 is 23.2 Å². The summed E-state index contributed by atoms with van der Waals surface area (Å²) < 4.78 is 0. The standard InChI is InChI=1S/C20H21Cl2N3O2/c1-13(15-6-9-17(21)18(22)11-15)24-20(27)23-12-14-4-7-16(8-5-14)25-10-2-3-19(25)26/h4-9,11,13H,2-3,10,12H2,1H3,(H2,23,24,27)/t13-/m0/s1. The Morgan fingerprint density at radius 2 is 1.89 bits per heavy atom. The zero-order chi connectivity index (χ0) is 19.4. The van der Waals surface area contributed by atoms with E-state index < -0.39 is 0 Å². The minimum absolute atomic E-state index is 0.163. The lowest BCUT2D eigenvalue weighted by Crippen LogP contribution is -2.36. The van der Waals surface area contributed by atoms with Crippen molar-refractivity contribution in [2.45, 2.75) is 32.4 Å². The highest BCUT2D eigenvalue weighted by atomic mass is 35.5. The Labute approximate surface area is 168 Å². The fourth-order valence-corrected chi connectivity index (χ4v) is 3.32. The van der Waals surface area contributed by atoms with Crippen molar-refractivity contribution in [1.29, 1.82) is 0 Å². The third-order valence-corrected chi connectivity index (χ3v) is 5.30. The normalized spacial score (nSPS) is 14.9. The first-order valence-electron chi connectivity index (χ1n) is 8.82. The summed E-state index contributed by atoms with van der Waals surface area (Å²) in [6.07, 6.45) is 1.51. The number of hydrogen-bond donors (Lipinski definition) is 2. The van der Waals surface area contributed by atoms with E-state index in [9.17, 15) is 9.59 Å². The number of halogens is 2. The molecule has 2 aromatic rings. The van der Waals surface area contributed by atoms with Gasteiger partial charge in [-0.2, -0.15) is 0 Å². The summed E-state index contributed by atoms with van der Waals surface area (Å²) in [5.74, 6) is 0.163. The molecule has 1 heterocycles. The predicted molar refractivity (Wildman–Crippen MR) is 108 cm³/mol. The summed E-state index contributed by atoms with van der Waals surface area (Å²) in [6, 6.07) is 12.5. The fraction of sp³-hybridized carbons (Fsp3) is 0.300. The molecule has 0 saturated carbocycles. The van der Waals surface area contributed by atoms with Gasteiger partial charge in [0.2, 0.25) is 5.91 Å². The van der Waals surface area contributed by atoms with E-state index in [1.54, 1.807) is 17.0 Å². The van der Waals surface area contributed by atoms with Gasteiger partial charge in [-0.15, -0.1) is 0 Å². The Morgan fingerprint density at radius 1 is 1.15 bits per heavy atom. The van der Waals surface area contributed by atoms with Gasteiger partial charge in [0.15, 0.2) is 0 Å². The van der Waals surface area contributed by atoms with Crippen molar-refractivity contribution in [1.82, 2.24) is 10.6 Å². The summed E-state index contributed by atoms with van der Waals surface area (Å²) in [7, 11) is 0. The van der Waals surface area contributed by atoms with E-state index in [0.29, 0.717) is 23.0 Å². The molecule has 1 atom stereocenters. The van der Waals surface area contributed by atoms with Gasteiger partial charge in [0.05, 0.1) is 16.1 Å². The smallest absolute Gasteiger partial charge is 0.315 e. The van der Waals surface area contributed by atoms with Crippen LogP contribution in [0.4, 0.5) is 10.5 Å². The van der Waals surface area contributed by atoms with Crippen molar-refractivity contribution in [2.24, 2.45) is 0 Å². The van der Waals surface area contributed by atoms with Gasteiger partial charge in [0.25, 0.3) is 0 Å². The number of benzene rings is 2. The lowest BCUT2D eigenvalue weighted by Gasteiger charge is -2.17. The van der Waals surface area contributed by atoms with Crippen LogP contribution in [0.5, 0.6) is 0 Å². The number of anilines is 1. The van der Waals surface area contributed by atoms with Crippen molar-refractivity contribution in [3.05, 3.63) is 63.6 Å². The molecule has 3 rings (SSSR count). The highest BCUT2D eigenvalue weighted by Gasteiger charge is 2.21. The van der Waals surface area contributed by atoms with Crippen molar-refractivity contribution < 1.29 is 9.59 Å². The highest BCUT2D eigenvalue weighted by molar-refractivity contribution is 6.42. The molecular weight excluding hydrogens is 385 g/mol. The number of amides is 3. The van der Waals surface area contributed by atoms with E-state index in [1.807, 2.05) is 37.3 Å². The van der Waals surface area contributed by atoms with Crippen LogP contribution in [0.25, 0.3) is 0 Å². The molecule has 7 heteroatoms. The van der Waals surface area contributed by atoms with Gasteiger partial charge < -0.3 is 15.5 Å². The van der Waals surface area contributed by atoms with E-state index in [-0.39, 0.29) is 18.0 Å². The van der Waals surface area contributed by atoms with Crippen LogP contribution in [0, 0.1) is 0 Å². The first-order chi connectivity index (χ1) is 12.9. The quantitative estimate of drug-likeness (QED) is 0.758. The van der Waals surface area contributed by atoms with Crippen LogP contribution in [0.1, 0.15) is 36.9 Å². The van der Waals surface area contributed by atoms with E-state index in [4.69, 9.17) is 23.2 Å². The molecule has 2 aromatic carbocycles. The second kappa shape index (κ2) is 8.63. The maximum atomic E-state index is 12.1.